The average Bonchev–Trinajstić information content (AvgIpc) is 3.30. The van der Waals surface area contributed by atoms with Crippen molar-refractivity contribution in [2.45, 2.75) is 18.9 Å². The standard InChI is InChI=1S/C16H12N6O2/c17-6-9-5-10-8-20-22(14(10)19-7-9)15-13(16(23)24)12(3-4-18-15)21-11-1-2-11/h3-5,7-8,11H,1-2H2,(H,18,21)(H,23,24). The van der Waals surface area contributed by atoms with Crippen molar-refractivity contribution in [2.75, 3.05) is 5.32 Å². The van der Waals surface area contributed by atoms with Crippen molar-refractivity contribution < 1.29 is 9.90 Å². The minimum atomic E-state index is -1.08. The molecule has 0 bridgehead atoms. The lowest BCUT2D eigenvalue weighted by atomic mass is 10.2. The number of fused-ring (bicyclic) bond motifs is 1. The van der Waals surface area contributed by atoms with Crippen molar-refractivity contribution >= 4 is 22.7 Å². The Bertz CT molecular complexity index is 999. The van der Waals surface area contributed by atoms with Crippen molar-refractivity contribution in [1.29, 1.82) is 5.26 Å². The number of anilines is 1. The molecule has 24 heavy (non-hydrogen) atoms. The Morgan fingerprint density at radius 2 is 2.21 bits per heavy atom. The molecule has 0 atom stereocenters. The summed E-state index contributed by atoms with van der Waals surface area (Å²) in [4.78, 5) is 20.2. The molecule has 0 saturated heterocycles. The van der Waals surface area contributed by atoms with Crippen LogP contribution in [0.15, 0.2) is 30.7 Å². The predicted octanol–water partition coefficient (Wildman–Crippen LogP) is 1.96. The Hall–Kier alpha value is -3.47. The molecule has 118 valence electrons. The lowest BCUT2D eigenvalue weighted by Gasteiger charge is -2.12. The van der Waals surface area contributed by atoms with Crippen LogP contribution >= 0.6 is 0 Å². The largest absolute Gasteiger partial charge is 0.477 e. The van der Waals surface area contributed by atoms with Crippen LogP contribution in [0.25, 0.3) is 16.9 Å². The van der Waals surface area contributed by atoms with Gasteiger partial charge < -0.3 is 10.4 Å². The van der Waals surface area contributed by atoms with E-state index in [0.29, 0.717) is 28.3 Å². The molecular formula is C16H12N6O2. The van der Waals surface area contributed by atoms with E-state index in [1.807, 2.05) is 6.07 Å². The maximum absolute atomic E-state index is 11.8. The van der Waals surface area contributed by atoms with Gasteiger partial charge in [-0.15, -0.1) is 0 Å². The molecule has 1 saturated carbocycles. The van der Waals surface area contributed by atoms with Gasteiger partial charge in [0.1, 0.15) is 11.6 Å². The van der Waals surface area contributed by atoms with Gasteiger partial charge in [-0.2, -0.15) is 15.0 Å². The van der Waals surface area contributed by atoms with E-state index in [1.54, 1.807) is 18.3 Å². The Morgan fingerprint density at radius 3 is 2.92 bits per heavy atom. The number of carbonyl (C=O) groups is 1. The number of aromatic carboxylic acids is 1. The molecular weight excluding hydrogens is 308 g/mol. The molecule has 0 unspecified atom stereocenters. The van der Waals surface area contributed by atoms with E-state index in [1.165, 1.54) is 17.1 Å². The van der Waals surface area contributed by atoms with Crippen LogP contribution in [-0.4, -0.2) is 36.9 Å². The Balaban J connectivity index is 1.90. The molecule has 1 aliphatic carbocycles. The first-order chi connectivity index (χ1) is 11.7. The number of rotatable bonds is 4. The molecule has 3 aromatic rings. The second-order valence-corrected chi connectivity index (χ2v) is 5.59. The van der Waals surface area contributed by atoms with Crippen LogP contribution < -0.4 is 5.32 Å². The highest BCUT2D eigenvalue weighted by Crippen LogP contribution is 2.29. The summed E-state index contributed by atoms with van der Waals surface area (Å²) in [6.45, 7) is 0. The van der Waals surface area contributed by atoms with E-state index in [-0.39, 0.29) is 11.4 Å². The predicted molar refractivity (Wildman–Crippen MR) is 85.0 cm³/mol. The maximum atomic E-state index is 11.8. The molecule has 1 fully saturated rings. The van der Waals surface area contributed by atoms with Crippen molar-refractivity contribution in [1.82, 2.24) is 19.7 Å². The first-order valence-electron chi connectivity index (χ1n) is 7.40. The molecule has 0 radical (unpaired) electrons. The molecule has 0 aromatic carbocycles. The lowest BCUT2D eigenvalue weighted by molar-refractivity contribution is 0.0697. The minimum Gasteiger partial charge on any atom is -0.477 e. The SMILES string of the molecule is N#Cc1cnc2c(cnn2-c2nccc(NC3CC3)c2C(=O)O)c1. The topological polar surface area (TPSA) is 117 Å². The zero-order valence-corrected chi connectivity index (χ0v) is 12.5. The quantitative estimate of drug-likeness (QED) is 0.754. The zero-order chi connectivity index (χ0) is 16.7. The van der Waals surface area contributed by atoms with Crippen molar-refractivity contribution in [2.24, 2.45) is 0 Å². The third-order valence-corrected chi connectivity index (χ3v) is 3.82. The third kappa shape index (κ3) is 2.32. The summed E-state index contributed by atoms with van der Waals surface area (Å²) < 4.78 is 1.39. The number of pyridine rings is 2. The second-order valence-electron chi connectivity index (χ2n) is 5.59. The molecule has 3 aromatic heterocycles. The van der Waals surface area contributed by atoms with Gasteiger partial charge in [-0.25, -0.2) is 14.8 Å². The van der Waals surface area contributed by atoms with E-state index in [0.717, 1.165) is 12.8 Å². The smallest absolute Gasteiger partial charge is 0.341 e. The molecule has 8 nitrogen and oxygen atoms in total. The second kappa shape index (κ2) is 5.31. The van der Waals surface area contributed by atoms with E-state index in [9.17, 15) is 9.90 Å². The number of nitriles is 1. The highest BCUT2D eigenvalue weighted by Gasteiger charge is 2.26. The van der Waals surface area contributed by atoms with Crippen molar-refractivity contribution in [3.63, 3.8) is 0 Å². The van der Waals surface area contributed by atoms with Gasteiger partial charge in [0.15, 0.2) is 11.5 Å². The average molecular weight is 320 g/mol. The molecule has 0 spiro atoms. The van der Waals surface area contributed by atoms with E-state index < -0.39 is 5.97 Å². The maximum Gasteiger partial charge on any atom is 0.341 e. The fourth-order valence-corrected chi connectivity index (χ4v) is 2.53. The Labute approximate surface area is 136 Å². The normalized spacial score (nSPS) is 13.6. The van der Waals surface area contributed by atoms with Gasteiger partial charge >= 0.3 is 5.97 Å². The van der Waals surface area contributed by atoms with E-state index in [4.69, 9.17) is 5.26 Å². The monoisotopic (exact) mass is 320 g/mol. The van der Waals surface area contributed by atoms with Crippen molar-refractivity contribution in [3.05, 3.63) is 41.9 Å². The fourth-order valence-electron chi connectivity index (χ4n) is 2.53. The Morgan fingerprint density at radius 1 is 1.38 bits per heavy atom. The van der Waals surface area contributed by atoms with Crippen molar-refractivity contribution in [3.8, 4) is 11.9 Å². The van der Waals surface area contributed by atoms with Gasteiger partial charge in [-0.05, 0) is 25.0 Å². The summed E-state index contributed by atoms with van der Waals surface area (Å²) in [7, 11) is 0. The van der Waals surface area contributed by atoms with E-state index >= 15 is 0 Å². The summed E-state index contributed by atoms with van der Waals surface area (Å²) in [6, 6.07) is 5.63. The summed E-state index contributed by atoms with van der Waals surface area (Å²) in [5.41, 5.74) is 1.44. The number of carboxylic acids is 1. The van der Waals surface area contributed by atoms with Crippen LogP contribution in [0.3, 0.4) is 0 Å². The first kappa shape index (κ1) is 14.1. The number of hydrogen-bond donors (Lipinski definition) is 2. The first-order valence-corrected chi connectivity index (χ1v) is 7.40. The third-order valence-electron chi connectivity index (χ3n) is 3.82. The molecule has 0 amide bonds. The van der Waals surface area contributed by atoms with Crippen LogP contribution in [0.4, 0.5) is 5.69 Å². The number of carboxylic acid groups (broad SMARTS) is 1. The van der Waals surface area contributed by atoms with Gasteiger partial charge in [0.05, 0.1) is 17.4 Å². The number of aromatic nitrogens is 4. The summed E-state index contributed by atoms with van der Waals surface area (Å²) in [6.07, 6.45) is 6.56. The molecule has 8 heteroatoms. The lowest BCUT2D eigenvalue weighted by Crippen LogP contribution is -2.14. The molecule has 2 N–H and O–H groups in total. The summed E-state index contributed by atoms with van der Waals surface area (Å²) in [5, 5.41) is 26.7. The van der Waals surface area contributed by atoms with Crippen LogP contribution in [0.2, 0.25) is 0 Å². The number of nitrogens with zero attached hydrogens (tertiary/aromatic N) is 5. The fraction of sp³-hybridized carbons (Fsp3) is 0.188. The highest BCUT2D eigenvalue weighted by atomic mass is 16.4. The van der Waals surface area contributed by atoms with Crippen LogP contribution in [0, 0.1) is 11.3 Å². The van der Waals surface area contributed by atoms with Gasteiger partial charge in [0, 0.05) is 23.8 Å². The van der Waals surface area contributed by atoms with Gasteiger partial charge in [-0.1, -0.05) is 0 Å². The molecule has 1 aliphatic rings. The summed E-state index contributed by atoms with van der Waals surface area (Å²) >= 11 is 0. The van der Waals surface area contributed by atoms with Crippen LogP contribution in [0.5, 0.6) is 0 Å². The summed E-state index contributed by atoms with van der Waals surface area (Å²) in [5.74, 6) is -0.890. The van der Waals surface area contributed by atoms with E-state index in [2.05, 4.69) is 20.4 Å². The van der Waals surface area contributed by atoms with Gasteiger partial charge in [0.25, 0.3) is 0 Å². The molecule has 3 heterocycles. The van der Waals surface area contributed by atoms with Crippen LogP contribution in [-0.2, 0) is 0 Å². The molecule has 0 aliphatic heterocycles. The Kier molecular flexibility index (Phi) is 3.13. The molecule has 4 rings (SSSR count). The highest BCUT2D eigenvalue weighted by molar-refractivity contribution is 5.98. The number of hydrogen-bond acceptors (Lipinski definition) is 6. The number of nitrogens with one attached hydrogen (secondary N) is 1. The van der Waals surface area contributed by atoms with Crippen LogP contribution in [0.1, 0.15) is 28.8 Å². The van der Waals surface area contributed by atoms with Gasteiger partial charge in [-0.3, -0.25) is 0 Å². The minimum absolute atomic E-state index is 0.0561. The zero-order valence-electron chi connectivity index (χ0n) is 12.5. The van der Waals surface area contributed by atoms with Gasteiger partial charge in [0.2, 0.25) is 0 Å².